The van der Waals surface area contributed by atoms with Crippen molar-refractivity contribution in [1.29, 1.82) is 4.78 Å². The van der Waals surface area contributed by atoms with Crippen molar-refractivity contribution < 1.29 is 4.21 Å². The third-order valence-electron chi connectivity index (χ3n) is 1.19. The first-order valence-corrected chi connectivity index (χ1v) is 4.61. The minimum absolute atomic E-state index is 0.128. The van der Waals surface area contributed by atoms with Crippen LogP contribution in [0.2, 0.25) is 0 Å². The van der Waals surface area contributed by atoms with Gasteiger partial charge in [0.2, 0.25) is 0 Å². The highest BCUT2D eigenvalue weighted by molar-refractivity contribution is 7.90. The van der Waals surface area contributed by atoms with Crippen LogP contribution in [0.15, 0.2) is 23.4 Å². The lowest BCUT2D eigenvalue weighted by Crippen LogP contribution is -2.11. The molecule has 1 rings (SSSR count). The average Bonchev–Trinajstić information content (AvgIpc) is 1.86. The molecule has 0 saturated carbocycles. The maximum atomic E-state index is 10.9. The molecule has 60 valence electrons. The Bertz CT molecular complexity index is 341. The maximum absolute atomic E-state index is 10.9. The molecule has 0 saturated heterocycles. The maximum Gasteiger partial charge on any atom is 0.150 e. The number of nitrogens with two attached hydrogens (primary N) is 1. The largest absolute Gasteiger partial charge is 0.245 e. The molecule has 0 aliphatic carbocycles. The summed E-state index contributed by atoms with van der Waals surface area (Å²) in [5.41, 5.74) is 0.956. The van der Waals surface area contributed by atoms with Crippen molar-refractivity contribution in [1.82, 2.24) is 4.98 Å². The summed E-state index contributed by atoms with van der Waals surface area (Å²) < 4.78 is 17.9. The molecule has 0 fully saturated rings. The predicted octanol–water partition coefficient (Wildman–Crippen LogP) is 0.669. The molecule has 1 atom stereocenters. The Morgan fingerprint density at radius 2 is 2.27 bits per heavy atom. The Morgan fingerprint density at radius 1 is 1.64 bits per heavy atom. The van der Waals surface area contributed by atoms with Crippen molar-refractivity contribution in [3.8, 4) is 0 Å². The van der Waals surface area contributed by atoms with Crippen molar-refractivity contribution in [3.63, 3.8) is 0 Å². The summed E-state index contributed by atoms with van der Waals surface area (Å²) >= 11 is 0. The lowest BCUT2D eigenvalue weighted by atomic mass is 10.3. The number of hydrogen-bond donors (Lipinski definition) is 2. The molecule has 1 aromatic rings. The van der Waals surface area contributed by atoms with Gasteiger partial charge in [-0.15, -0.1) is 0 Å². The van der Waals surface area contributed by atoms with Gasteiger partial charge in [0.25, 0.3) is 0 Å². The van der Waals surface area contributed by atoms with Crippen LogP contribution in [-0.2, 0) is 9.92 Å². The Labute approximate surface area is 65.6 Å². The third kappa shape index (κ3) is 1.99. The first kappa shape index (κ1) is 8.16. The number of aromatic nitrogens is 1. The normalized spacial score (nSPS) is 15.8. The zero-order valence-electron chi connectivity index (χ0n) is 6.07. The van der Waals surface area contributed by atoms with Crippen LogP contribution in [0.5, 0.6) is 0 Å². The molecule has 0 aliphatic rings. The van der Waals surface area contributed by atoms with Crippen molar-refractivity contribution in [2.75, 3.05) is 0 Å². The summed E-state index contributed by atoms with van der Waals surface area (Å²) in [4.78, 5) is 3.76. The van der Waals surface area contributed by atoms with Gasteiger partial charge in [0, 0.05) is 6.20 Å². The lowest BCUT2D eigenvalue weighted by molar-refractivity contribution is 0.673. The van der Waals surface area contributed by atoms with Crippen molar-refractivity contribution in [3.05, 3.63) is 23.9 Å². The fourth-order valence-corrected chi connectivity index (χ4v) is 1.11. The van der Waals surface area contributed by atoms with E-state index in [0.717, 1.165) is 5.56 Å². The SMILES string of the molecule is Cc1ccc(S(=N)(N)=O)nc1. The molecule has 0 amide bonds. The van der Waals surface area contributed by atoms with E-state index in [0.29, 0.717) is 0 Å². The zero-order valence-corrected chi connectivity index (χ0v) is 6.89. The highest BCUT2D eigenvalue weighted by Crippen LogP contribution is 2.03. The van der Waals surface area contributed by atoms with E-state index in [2.05, 4.69) is 4.98 Å². The standard InChI is InChI=1S/C6H9N3OS/c1-5-2-3-6(9-4-5)11(7,8)10/h2-4H,1H3,(H3,7,8,10). The molecular formula is C6H9N3OS. The number of nitrogens with zero attached hydrogens (tertiary/aromatic N) is 1. The van der Waals surface area contributed by atoms with Gasteiger partial charge in [-0.1, -0.05) is 6.07 Å². The topological polar surface area (TPSA) is 79.8 Å². The van der Waals surface area contributed by atoms with E-state index in [1.807, 2.05) is 6.92 Å². The average molecular weight is 171 g/mol. The van der Waals surface area contributed by atoms with Crippen LogP contribution in [0.3, 0.4) is 0 Å². The number of aryl methyl sites for hydroxylation is 1. The molecule has 3 N–H and O–H groups in total. The van der Waals surface area contributed by atoms with Crippen LogP contribution in [-0.4, -0.2) is 9.19 Å². The second-order valence-electron chi connectivity index (χ2n) is 2.27. The number of pyridine rings is 1. The Balaban J connectivity index is 3.20. The van der Waals surface area contributed by atoms with E-state index in [1.165, 1.54) is 12.3 Å². The van der Waals surface area contributed by atoms with Gasteiger partial charge in [-0.2, -0.15) is 0 Å². The van der Waals surface area contributed by atoms with Gasteiger partial charge in [0.1, 0.15) is 14.9 Å². The monoisotopic (exact) mass is 171 g/mol. The molecule has 4 nitrogen and oxygen atoms in total. The summed E-state index contributed by atoms with van der Waals surface area (Å²) in [6, 6.07) is 3.23. The number of nitrogens with one attached hydrogen (secondary N) is 1. The van der Waals surface area contributed by atoms with E-state index in [9.17, 15) is 4.21 Å². The van der Waals surface area contributed by atoms with Gasteiger partial charge in [0.15, 0.2) is 0 Å². The molecule has 0 aromatic carbocycles. The molecule has 0 bridgehead atoms. The lowest BCUT2D eigenvalue weighted by Gasteiger charge is -1.98. The van der Waals surface area contributed by atoms with Crippen LogP contribution in [0.4, 0.5) is 0 Å². The summed E-state index contributed by atoms with van der Waals surface area (Å²) in [7, 11) is -3.13. The molecule has 11 heavy (non-hydrogen) atoms. The van der Waals surface area contributed by atoms with Crippen molar-refractivity contribution in [2.24, 2.45) is 5.14 Å². The molecule has 5 heteroatoms. The molecule has 0 aliphatic heterocycles. The predicted molar refractivity (Wildman–Crippen MR) is 42.3 cm³/mol. The second-order valence-corrected chi connectivity index (χ2v) is 3.89. The molecule has 0 spiro atoms. The van der Waals surface area contributed by atoms with E-state index in [-0.39, 0.29) is 5.03 Å². The van der Waals surface area contributed by atoms with Crippen molar-refractivity contribution >= 4 is 9.92 Å². The van der Waals surface area contributed by atoms with E-state index in [4.69, 9.17) is 9.92 Å². The summed E-state index contributed by atoms with van der Waals surface area (Å²) in [6.07, 6.45) is 1.54. The minimum Gasteiger partial charge on any atom is -0.245 e. The zero-order chi connectivity index (χ0) is 8.48. The van der Waals surface area contributed by atoms with Gasteiger partial charge in [-0.05, 0) is 18.6 Å². The minimum atomic E-state index is -3.13. The Kier molecular flexibility index (Phi) is 1.92. The summed E-state index contributed by atoms with van der Waals surface area (Å²) in [5, 5.41) is 5.17. The van der Waals surface area contributed by atoms with Crippen LogP contribution in [0, 0.1) is 11.7 Å². The highest BCUT2D eigenvalue weighted by atomic mass is 32.2. The first-order chi connectivity index (χ1) is 5.00. The fourth-order valence-electron chi connectivity index (χ4n) is 0.634. The molecule has 0 radical (unpaired) electrons. The van der Waals surface area contributed by atoms with Gasteiger partial charge >= 0.3 is 0 Å². The quantitative estimate of drug-likeness (QED) is 0.651. The van der Waals surface area contributed by atoms with E-state index >= 15 is 0 Å². The van der Waals surface area contributed by atoms with Gasteiger partial charge in [-0.3, -0.25) is 0 Å². The Morgan fingerprint density at radius 3 is 2.64 bits per heavy atom. The van der Waals surface area contributed by atoms with Crippen LogP contribution < -0.4 is 5.14 Å². The highest BCUT2D eigenvalue weighted by Gasteiger charge is 2.02. The number of hydrogen-bond acceptors (Lipinski definition) is 3. The summed E-state index contributed by atoms with van der Waals surface area (Å²) in [6.45, 7) is 1.86. The molecule has 1 aromatic heterocycles. The molecule has 1 heterocycles. The van der Waals surface area contributed by atoms with Gasteiger partial charge in [-0.25, -0.2) is 19.1 Å². The second kappa shape index (κ2) is 2.60. The smallest absolute Gasteiger partial charge is 0.150 e. The fraction of sp³-hybridized carbons (Fsp3) is 0.167. The van der Waals surface area contributed by atoms with E-state index in [1.54, 1.807) is 6.07 Å². The van der Waals surface area contributed by atoms with E-state index < -0.39 is 9.92 Å². The summed E-state index contributed by atoms with van der Waals surface area (Å²) in [5.74, 6) is 0. The third-order valence-corrected chi connectivity index (χ3v) is 2.06. The number of rotatable bonds is 1. The van der Waals surface area contributed by atoms with Crippen molar-refractivity contribution in [2.45, 2.75) is 11.9 Å². The van der Waals surface area contributed by atoms with Gasteiger partial charge in [0.05, 0.1) is 0 Å². The van der Waals surface area contributed by atoms with Crippen LogP contribution in [0.25, 0.3) is 0 Å². The van der Waals surface area contributed by atoms with Crippen LogP contribution >= 0.6 is 0 Å². The first-order valence-electron chi connectivity index (χ1n) is 2.99. The van der Waals surface area contributed by atoms with Gasteiger partial charge < -0.3 is 0 Å². The molecule has 1 unspecified atom stereocenters. The molecular weight excluding hydrogens is 162 g/mol. The Hall–Kier alpha value is -0.940. The van der Waals surface area contributed by atoms with Crippen LogP contribution in [0.1, 0.15) is 5.56 Å².